The Balaban J connectivity index is 3.55. The van der Waals surface area contributed by atoms with Gasteiger partial charge in [0.1, 0.15) is 0 Å². The van der Waals surface area contributed by atoms with E-state index in [0.717, 1.165) is 70.6 Å². The number of unbranched alkanes of at least 4 members (excludes halogenated alkanes) is 31. The predicted molar refractivity (Wildman–Crippen MR) is 299 cm³/mol. The standard InChI is InChI=1S/C63H111NO3/c1-3-5-7-9-11-13-15-17-19-21-23-25-27-28-29-30-31-32-33-34-35-36-37-39-41-43-45-47-49-51-53-55-57-59-63(67)64-61(60-65)62(66)58-56-54-52-50-48-46-44-42-40-38-26-24-22-20-18-16-14-12-10-8-6-4-2/h5,7,11,13,17,19,23,25,28-29,40,42,48,50,56,58,61-62,65-66H,3-4,6,8-10,12,14-16,18,20-22,24,26-27,30-39,41,43-47,49,51-55,57,59-60H2,1-2H3,(H,64,67)/b7-5-,13-11-,19-17-,25-23-,29-28-,42-40+,50-48+,58-56+. The summed E-state index contributed by atoms with van der Waals surface area (Å²) in [6.45, 7) is 4.19. The first-order chi connectivity index (χ1) is 33.2. The van der Waals surface area contributed by atoms with Gasteiger partial charge in [0.05, 0.1) is 18.8 Å². The van der Waals surface area contributed by atoms with Crippen LogP contribution in [-0.4, -0.2) is 34.9 Å². The third-order valence-corrected chi connectivity index (χ3v) is 12.8. The van der Waals surface area contributed by atoms with E-state index in [1.165, 1.54) is 186 Å². The first-order valence-electron chi connectivity index (χ1n) is 29.0. The molecule has 0 fully saturated rings. The first kappa shape index (κ1) is 64.3. The van der Waals surface area contributed by atoms with Gasteiger partial charge in [-0.2, -0.15) is 0 Å². The van der Waals surface area contributed by atoms with Gasteiger partial charge in [0.2, 0.25) is 5.91 Å². The van der Waals surface area contributed by atoms with E-state index < -0.39 is 12.1 Å². The number of nitrogens with one attached hydrogen (secondary N) is 1. The number of carbonyl (C=O) groups is 1. The van der Waals surface area contributed by atoms with E-state index in [-0.39, 0.29) is 12.5 Å². The monoisotopic (exact) mass is 930 g/mol. The molecular weight excluding hydrogens is 819 g/mol. The molecule has 0 aromatic carbocycles. The van der Waals surface area contributed by atoms with Crippen LogP contribution in [0.4, 0.5) is 0 Å². The van der Waals surface area contributed by atoms with Crippen molar-refractivity contribution in [2.24, 2.45) is 0 Å². The maximum atomic E-state index is 12.5. The molecule has 0 aliphatic rings. The molecule has 0 radical (unpaired) electrons. The van der Waals surface area contributed by atoms with Crippen molar-refractivity contribution >= 4 is 5.91 Å². The normalized spacial score (nSPS) is 13.6. The molecule has 1 amide bonds. The second kappa shape index (κ2) is 57.6. The van der Waals surface area contributed by atoms with Crippen molar-refractivity contribution in [2.45, 2.75) is 289 Å². The summed E-state index contributed by atoms with van der Waals surface area (Å²) in [5.41, 5.74) is 0. The Labute approximate surface area is 417 Å². The molecule has 0 aliphatic heterocycles. The van der Waals surface area contributed by atoms with Crippen LogP contribution in [0, 0.1) is 0 Å². The van der Waals surface area contributed by atoms with Crippen LogP contribution in [0.3, 0.4) is 0 Å². The molecule has 386 valence electrons. The van der Waals surface area contributed by atoms with E-state index in [0.29, 0.717) is 6.42 Å². The first-order valence-corrected chi connectivity index (χ1v) is 29.0. The Kier molecular flexibility index (Phi) is 55.3. The third-order valence-electron chi connectivity index (χ3n) is 12.8. The fraction of sp³-hybridized carbons (Fsp3) is 0.730. The van der Waals surface area contributed by atoms with E-state index in [4.69, 9.17) is 0 Å². The fourth-order valence-electron chi connectivity index (χ4n) is 8.42. The van der Waals surface area contributed by atoms with E-state index >= 15 is 0 Å². The maximum Gasteiger partial charge on any atom is 0.220 e. The van der Waals surface area contributed by atoms with Gasteiger partial charge in [0, 0.05) is 6.42 Å². The smallest absolute Gasteiger partial charge is 0.220 e. The van der Waals surface area contributed by atoms with Crippen LogP contribution < -0.4 is 5.32 Å². The molecule has 0 rings (SSSR count). The van der Waals surface area contributed by atoms with Crippen molar-refractivity contribution in [1.82, 2.24) is 5.32 Å². The van der Waals surface area contributed by atoms with Crippen LogP contribution in [0.15, 0.2) is 97.2 Å². The number of aliphatic hydroxyl groups excluding tert-OH is 2. The van der Waals surface area contributed by atoms with E-state index in [1.54, 1.807) is 6.08 Å². The molecule has 0 aromatic rings. The van der Waals surface area contributed by atoms with Gasteiger partial charge in [-0.1, -0.05) is 278 Å². The second-order valence-corrected chi connectivity index (χ2v) is 19.3. The summed E-state index contributed by atoms with van der Waals surface area (Å²) in [5, 5.41) is 23.1. The van der Waals surface area contributed by atoms with Crippen LogP contribution in [0.1, 0.15) is 277 Å². The van der Waals surface area contributed by atoms with Crippen molar-refractivity contribution in [3.63, 3.8) is 0 Å². The number of carbonyl (C=O) groups excluding carboxylic acids is 1. The third kappa shape index (κ3) is 54.1. The molecule has 4 heteroatoms. The number of rotatable bonds is 52. The Morgan fingerprint density at radius 2 is 0.672 bits per heavy atom. The van der Waals surface area contributed by atoms with E-state index in [9.17, 15) is 15.0 Å². The summed E-state index contributed by atoms with van der Waals surface area (Å²) in [7, 11) is 0. The van der Waals surface area contributed by atoms with Crippen LogP contribution in [0.25, 0.3) is 0 Å². The lowest BCUT2D eigenvalue weighted by atomic mass is 10.0. The molecule has 0 saturated carbocycles. The van der Waals surface area contributed by atoms with Crippen molar-refractivity contribution in [3.8, 4) is 0 Å². The van der Waals surface area contributed by atoms with Gasteiger partial charge in [0.25, 0.3) is 0 Å². The SMILES string of the molecule is CC/C=C\C/C=C\C/C=C\C/C=C\C/C=C\CCCCCCCCCCCCCCCCCCCC(=O)NC(CO)C(O)/C=C/CC/C=C/CC/C=C/CCCCCCCCCCCCCC. The van der Waals surface area contributed by atoms with Crippen LogP contribution in [0.5, 0.6) is 0 Å². The molecule has 0 spiro atoms. The molecule has 0 bridgehead atoms. The maximum absolute atomic E-state index is 12.5. The van der Waals surface area contributed by atoms with Gasteiger partial charge in [-0.25, -0.2) is 0 Å². The molecule has 3 N–H and O–H groups in total. The molecule has 4 nitrogen and oxygen atoms in total. The minimum Gasteiger partial charge on any atom is -0.394 e. The molecule has 67 heavy (non-hydrogen) atoms. The van der Waals surface area contributed by atoms with Crippen LogP contribution in [-0.2, 0) is 4.79 Å². The summed E-state index contributed by atoms with van der Waals surface area (Å²) in [6.07, 6.45) is 85.7. The average Bonchev–Trinajstić information content (AvgIpc) is 3.33. The number of allylic oxidation sites excluding steroid dienone is 15. The predicted octanol–water partition coefficient (Wildman–Crippen LogP) is 19.3. The Bertz CT molecular complexity index is 1240. The fourth-order valence-corrected chi connectivity index (χ4v) is 8.42. The topological polar surface area (TPSA) is 69.6 Å². The molecule has 0 aliphatic carbocycles. The molecule has 0 heterocycles. The van der Waals surface area contributed by atoms with Crippen molar-refractivity contribution in [1.29, 1.82) is 0 Å². The molecule has 0 aromatic heterocycles. The van der Waals surface area contributed by atoms with Gasteiger partial charge < -0.3 is 15.5 Å². The average molecular weight is 931 g/mol. The lowest BCUT2D eigenvalue weighted by Gasteiger charge is -2.19. The van der Waals surface area contributed by atoms with Gasteiger partial charge in [-0.05, 0) is 89.9 Å². The number of aliphatic hydroxyl groups is 2. The van der Waals surface area contributed by atoms with E-state index in [1.807, 2.05) is 6.08 Å². The van der Waals surface area contributed by atoms with Crippen LogP contribution >= 0.6 is 0 Å². The zero-order valence-corrected chi connectivity index (χ0v) is 44.4. The van der Waals surface area contributed by atoms with Gasteiger partial charge >= 0.3 is 0 Å². The highest BCUT2D eigenvalue weighted by molar-refractivity contribution is 5.76. The Hall–Kier alpha value is -2.69. The summed E-state index contributed by atoms with van der Waals surface area (Å²) in [6, 6.07) is -0.650. The van der Waals surface area contributed by atoms with Crippen molar-refractivity contribution < 1.29 is 15.0 Å². The zero-order chi connectivity index (χ0) is 48.5. The molecule has 2 atom stereocenters. The van der Waals surface area contributed by atoms with Gasteiger partial charge in [0.15, 0.2) is 0 Å². The van der Waals surface area contributed by atoms with Crippen molar-refractivity contribution in [2.75, 3.05) is 6.61 Å². The largest absolute Gasteiger partial charge is 0.394 e. The summed E-state index contributed by atoms with van der Waals surface area (Å²) in [5.74, 6) is -0.0781. The number of amides is 1. The number of hydrogen-bond acceptors (Lipinski definition) is 3. The lowest BCUT2D eigenvalue weighted by molar-refractivity contribution is -0.123. The minimum absolute atomic E-state index is 0.0781. The molecule has 2 unspecified atom stereocenters. The van der Waals surface area contributed by atoms with E-state index in [2.05, 4.69) is 104 Å². The van der Waals surface area contributed by atoms with Gasteiger partial charge in [-0.15, -0.1) is 0 Å². The minimum atomic E-state index is -0.875. The quantitative estimate of drug-likeness (QED) is 0.0420. The van der Waals surface area contributed by atoms with Gasteiger partial charge in [-0.3, -0.25) is 4.79 Å². The highest BCUT2D eigenvalue weighted by atomic mass is 16.3. The van der Waals surface area contributed by atoms with Crippen molar-refractivity contribution in [3.05, 3.63) is 97.2 Å². The second-order valence-electron chi connectivity index (χ2n) is 19.3. The molecule has 0 saturated heterocycles. The highest BCUT2D eigenvalue weighted by Gasteiger charge is 2.18. The molecular formula is C63H111NO3. The lowest BCUT2D eigenvalue weighted by Crippen LogP contribution is -2.45. The number of hydrogen-bond donors (Lipinski definition) is 3. The summed E-state index contributed by atoms with van der Waals surface area (Å²) in [4.78, 5) is 12.5. The summed E-state index contributed by atoms with van der Waals surface area (Å²) < 4.78 is 0. The summed E-state index contributed by atoms with van der Waals surface area (Å²) >= 11 is 0. The Morgan fingerprint density at radius 1 is 0.373 bits per heavy atom. The highest BCUT2D eigenvalue weighted by Crippen LogP contribution is 2.16. The Morgan fingerprint density at radius 3 is 1.04 bits per heavy atom. The zero-order valence-electron chi connectivity index (χ0n) is 44.4. The van der Waals surface area contributed by atoms with Crippen LogP contribution in [0.2, 0.25) is 0 Å².